The van der Waals surface area contributed by atoms with Gasteiger partial charge in [0.05, 0.1) is 18.5 Å². The number of hydrogen-bond acceptors (Lipinski definition) is 7. The maximum Gasteiger partial charge on any atom is 0.282 e. The Bertz CT molecular complexity index is 1160. The fourth-order valence-corrected chi connectivity index (χ4v) is 2.98. The van der Waals surface area contributed by atoms with Gasteiger partial charge in [0.1, 0.15) is 16.9 Å². The third-order valence-corrected chi connectivity index (χ3v) is 4.26. The standard InChI is InChI=1S/C16H15N5O4S/c1-3-24-26-25-16-14(17-13-5-4-11(22)9-20(13)16)19-6-7-21-12(15(19)23)8-10(2)18-21/h4-9,22H,3H2,1-2H3. The van der Waals surface area contributed by atoms with Crippen LogP contribution in [0.15, 0.2) is 41.6 Å². The summed E-state index contributed by atoms with van der Waals surface area (Å²) in [5.74, 6) is 0.591. The Morgan fingerprint density at radius 1 is 1.31 bits per heavy atom. The molecule has 0 saturated carbocycles. The minimum Gasteiger partial charge on any atom is -0.506 e. The van der Waals surface area contributed by atoms with Crippen LogP contribution in [-0.4, -0.2) is 35.3 Å². The number of rotatable bonds is 5. The topological polar surface area (TPSA) is 95.3 Å². The third-order valence-electron chi connectivity index (χ3n) is 3.70. The van der Waals surface area contributed by atoms with E-state index in [0.29, 0.717) is 17.8 Å². The summed E-state index contributed by atoms with van der Waals surface area (Å²) in [5, 5.41) is 14.0. The predicted molar refractivity (Wildman–Crippen MR) is 95.8 cm³/mol. The van der Waals surface area contributed by atoms with Gasteiger partial charge in [0, 0.05) is 12.4 Å². The van der Waals surface area contributed by atoms with Crippen molar-refractivity contribution in [2.75, 3.05) is 6.61 Å². The van der Waals surface area contributed by atoms with Crippen LogP contribution >= 0.6 is 12.3 Å². The summed E-state index contributed by atoms with van der Waals surface area (Å²) in [6, 6.07) is 4.84. The molecular formula is C16H15N5O4S. The van der Waals surface area contributed by atoms with Crippen molar-refractivity contribution in [2.24, 2.45) is 0 Å². The Kier molecular flexibility index (Phi) is 4.05. The van der Waals surface area contributed by atoms with Crippen LogP contribution < -0.4 is 9.74 Å². The van der Waals surface area contributed by atoms with Gasteiger partial charge in [-0.25, -0.2) is 9.50 Å². The minimum absolute atomic E-state index is 0.0434. The van der Waals surface area contributed by atoms with Gasteiger partial charge in [-0.05, 0) is 32.0 Å². The van der Waals surface area contributed by atoms with Gasteiger partial charge in [-0.2, -0.15) is 5.10 Å². The molecule has 0 bridgehead atoms. The van der Waals surface area contributed by atoms with E-state index in [1.165, 1.54) is 21.3 Å². The molecule has 0 unspecified atom stereocenters. The smallest absolute Gasteiger partial charge is 0.282 e. The van der Waals surface area contributed by atoms with E-state index in [1.807, 2.05) is 13.8 Å². The Hall–Kier alpha value is -2.98. The second-order valence-corrected chi connectivity index (χ2v) is 6.04. The molecule has 0 aliphatic carbocycles. The van der Waals surface area contributed by atoms with Crippen LogP contribution in [0.5, 0.6) is 11.6 Å². The Balaban J connectivity index is 1.94. The Morgan fingerprint density at radius 3 is 2.96 bits per heavy atom. The molecule has 4 aromatic rings. The molecule has 4 heterocycles. The molecule has 0 aromatic carbocycles. The van der Waals surface area contributed by atoms with Gasteiger partial charge in [0.2, 0.25) is 18.1 Å². The fraction of sp³-hybridized carbons (Fsp3) is 0.188. The first-order chi connectivity index (χ1) is 12.6. The number of imidazole rings is 1. The molecule has 0 saturated heterocycles. The zero-order valence-corrected chi connectivity index (χ0v) is 14.8. The highest BCUT2D eigenvalue weighted by molar-refractivity contribution is 7.90. The summed E-state index contributed by atoms with van der Waals surface area (Å²) in [6.07, 6.45) is 4.70. The number of hydrogen-bond donors (Lipinski definition) is 1. The molecule has 0 radical (unpaired) electrons. The van der Waals surface area contributed by atoms with E-state index in [9.17, 15) is 9.90 Å². The predicted octanol–water partition coefficient (Wildman–Crippen LogP) is 2.13. The van der Waals surface area contributed by atoms with E-state index >= 15 is 0 Å². The van der Waals surface area contributed by atoms with Crippen LogP contribution in [0.1, 0.15) is 12.6 Å². The van der Waals surface area contributed by atoms with Crippen molar-refractivity contribution in [2.45, 2.75) is 13.8 Å². The molecule has 0 atom stereocenters. The molecule has 0 aliphatic heterocycles. The lowest BCUT2D eigenvalue weighted by Crippen LogP contribution is -2.20. The van der Waals surface area contributed by atoms with Crippen molar-refractivity contribution in [3.05, 3.63) is 52.8 Å². The maximum atomic E-state index is 12.9. The highest BCUT2D eigenvalue weighted by atomic mass is 32.2. The van der Waals surface area contributed by atoms with Gasteiger partial charge in [0.25, 0.3) is 11.4 Å². The quantitative estimate of drug-likeness (QED) is 0.423. The monoisotopic (exact) mass is 373 g/mol. The van der Waals surface area contributed by atoms with Crippen molar-refractivity contribution in [3.8, 4) is 17.4 Å². The molecule has 4 rings (SSSR count). The lowest BCUT2D eigenvalue weighted by Gasteiger charge is -2.07. The molecule has 1 N–H and O–H groups in total. The van der Waals surface area contributed by atoms with E-state index in [1.54, 1.807) is 28.9 Å². The van der Waals surface area contributed by atoms with Gasteiger partial charge in [0.15, 0.2) is 0 Å². The largest absolute Gasteiger partial charge is 0.506 e. The second kappa shape index (κ2) is 6.39. The first kappa shape index (κ1) is 16.5. The summed E-state index contributed by atoms with van der Waals surface area (Å²) < 4.78 is 15.2. The maximum absolute atomic E-state index is 12.9. The minimum atomic E-state index is -0.285. The molecule has 0 aliphatic rings. The van der Waals surface area contributed by atoms with Crippen LogP contribution in [0, 0.1) is 6.92 Å². The Morgan fingerprint density at radius 2 is 2.15 bits per heavy atom. The summed E-state index contributed by atoms with van der Waals surface area (Å²) >= 11 is 0.779. The van der Waals surface area contributed by atoms with Crippen molar-refractivity contribution in [3.63, 3.8) is 0 Å². The van der Waals surface area contributed by atoms with E-state index in [2.05, 4.69) is 10.1 Å². The van der Waals surface area contributed by atoms with Gasteiger partial charge in [-0.1, -0.05) is 0 Å². The van der Waals surface area contributed by atoms with Crippen molar-refractivity contribution in [1.29, 1.82) is 0 Å². The molecule has 9 nitrogen and oxygen atoms in total. The number of fused-ring (bicyclic) bond motifs is 2. The molecule has 0 fully saturated rings. The first-order valence-corrected chi connectivity index (χ1v) is 8.50. The van der Waals surface area contributed by atoms with Gasteiger partial charge >= 0.3 is 0 Å². The summed E-state index contributed by atoms with van der Waals surface area (Å²) in [6.45, 7) is 4.10. The van der Waals surface area contributed by atoms with Crippen LogP contribution in [0.25, 0.3) is 17.0 Å². The molecule has 10 heteroatoms. The van der Waals surface area contributed by atoms with E-state index < -0.39 is 0 Å². The fourth-order valence-electron chi connectivity index (χ4n) is 2.62. The molecule has 26 heavy (non-hydrogen) atoms. The Labute approximate surface area is 151 Å². The van der Waals surface area contributed by atoms with Crippen LogP contribution in [0.4, 0.5) is 0 Å². The van der Waals surface area contributed by atoms with Crippen molar-refractivity contribution >= 4 is 23.5 Å². The first-order valence-electron chi connectivity index (χ1n) is 7.83. The second-order valence-electron chi connectivity index (χ2n) is 5.50. The number of nitrogens with zero attached hydrogens (tertiary/aromatic N) is 5. The molecule has 0 amide bonds. The van der Waals surface area contributed by atoms with Crippen molar-refractivity contribution in [1.82, 2.24) is 23.6 Å². The lowest BCUT2D eigenvalue weighted by atomic mass is 10.4. The normalized spacial score (nSPS) is 11.5. The molecule has 0 spiro atoms. The number of aromatic nitrogens is 5. The average molecular weight is 373 g/mol. The summed E-state index contributed by atoms with van der Waals surface area (Å²) in [7, 11) is 0. The molecular weight excluding hydrogens is 358 g/mol. The van der Waals surface area contributed by atoms with Gasteiger partial charge in [-0.15, -0.1) is 0 Å². The molecule has 4 aromatic heterocycles. The lowest BCUT2D eigenvalue weighted by molar-refractivity contribution is 0.366. The van der Waals surface area contributed by atoms with Crippen molar-refractivity contribution < 1.29 is 13.5 Å². The summed E-state index contributed by atoms with van der Waals surface area (Å²) in [5.41, 5.74) is 1.39. The van der Waals surface area contributed by atoms with Crippen LogP contribution in [0.3, 0.4) is 0 Å². The zero-order valence-electron chi connectivity index (χ0n) is 14.0. The highest BCUT2D eigenvalue weighted by Gasteiger charge is 2.19. The van der Waals surface area contributed by atoms with E-state index in [4.69, 9.17) is 8.37 Å². The number of aromatic hydroxyl groups is 1. The van der Waals surface area contributed by atoms with E-state index in [-0.39, 0.29) is 23.0 Å². The summed E-state index contributed by atoms with van der Waals surface area (Å²) in [4.78, 5) is 17.3. The molecule has 134 valence electrons. The van der Waals surface area contributed by atoms with Gasteiger partial charge in [-0.3, -0.25) is 17.9 Å². The van der Waals surface area contributed by atoms with Crippen LogP contribution in [-0.2, 0) is 4.18 Å². The zero-order chi connectivity index (χ0) is 18.3. The highest BCUT2D eigenvalue weighted by Crippen LogP contribution is 2.28. The SMILES string of the molecule is CCOSOc1c(-n2ccn3nc(C)cc3c2=O)nc2ccc(O)cn12. The third kappa shape index (κ3) is 2.68. The van der Waals surface area contributed by atoms with Gasteiger partial charge < -0.3 is 9.29 Å². The van der Waals surface area contributed by atoms with E-state index in [0.717, 1.165) is 18.0 Å². The number of aryl methyl sites for hydroxylation is 1. The average Bonchev–Trinajstić information content (AvgIpc) is 3.16. The number of pyridine rings is 1. The van der Waals surface area contributed by atoms with Crippen LogP contribution in [0.2, 0.25) is 0 Å².